The molecule has 1 fully saturated rings. The number of carbonyl (C=O) groups excluding carboxylic acids is 1. The van der Waals surface area contributed by atoms with Crippen molar-refractivity contribution in [1.29, 1.82) is 0 Å². The van der Waals surface area contributed by atoms with Crippen molar-refractivity contribution in [2.45, 2.75) is 51.6 Å². The van der Waals surface area contributed by atoms with E-state index in [0.717, 1.165) is 11.3 Å². The van der Waals surface area contributed by atoms with Gasteiger partial charge in [-0.3, -0.25) is 10.1 Å². The SMILES string of the molecule is Cc1cc(C)c2c(c1)NC(=O)C2NC1CCCC1. The van der Waals surface area contributed by atoms with Crippen molar-refractivity contribution in [1.82, 2.24) is 5.32 Å². The summed E-state index contributed by atoms with van der Waals surface area (Å²) < 4.78 is 0. The Morgan fingerprint density at radius 1 is 1.22 bits per heavy atom. The number of rotatable bonds is 2. The summed E-state index contributed by atoms with van der Waals surface area (Å²) in [7, 11) is 0. The van der Waals surface area contributed by atoms with Crippen molar-refractivity contribution in [3.05, 3.63) is 28.8 Å². The molecule has 1 aromatic carbocycles. The van der Waals surface area contributed by atoms with E-state index in [-0.39, 0.29) is 11.9 Å². The highest BCUT2D eigenvalue weighted by molar-refractivity contribution is 6.03. The summed E-state index contributed by atoms with van der Waals surface area (Å²) >= 11 is 0. The number of fused-ring (bicyclic) bond motifs is 1. The summed E-state index contributed by atoms with van der Waals surface area (Å²) in [5.74, 6) is 0.102. The van der Waals surface area contributed by atoms with Gasteiger partial charge in [0.25, 0.3) is 0 Å². The normalized spacial score (nSPS) is 23.2. The summed E-state index contributed by atoms with van der Waals surface area (Å²) in [5.41, 5.74) is 4.55. The van der Waals surface area contributed by atoms with Crippen LogP contribution >= 0.6 is 0 Å². The van der Waals surface area contributed by atoms with Gasteiger partial charge in [0.2, 0.25) is 5.91 Å². The molecule has 0 bridgehead atoms. The predicted octanol–water partition coefficient (Wildman–Crippen LogP) is 2.83. The Balaban J connectivity index is 1.90. The molecule has 1 saturated carbocycles. The summed E-state index contributed by atoms with van der Waals surface area (Å²) in [6.45, 7) is 4.16. The van der Waals surface area contributed by atoms with Crippen LogP contribution in [0.25, 0.3) is 0 Å². The molecule has 1 aliphatic carbocycles. The first-order valence-electron chi connectivity index (χ1n) is 6.83. The van der Waals surface area contributed by atoms with Crippen molar-refractivity contribution in [2.24, 2.45) is 0 Å². The maximum atomic E-state index is 12.1. The monoisotopic (exact) mass is 244 g/mol. The number of hydrogen-bond donors (Lipinski definition) is 2. The van der Waals surface area contributed by atoms with Gasteiger partial charge in [-0.05, 0) is 43.9 Å². The van der Waals surface area contributed by atoms with Gasteiger partial charge in [0.05, 0.1) is 0 Å². The fourth-order valence-corrected chi connectivity index (χ4v) is 3.29. The minimum atomic E-state index is -0.149. The zero-order valence-electron chi connectivity index (χ0n) is 11.0. The third-order valence-corrected chi connectivity index (χ3v) is 4.10. The molecule has 0 saturated heterocycles. The predicted molar refractivity (Wildman–Crippen MR) is 72.7 cm³/mol. The van der Waals surface area contributed by atoms with Crippen LogP contribution in [-0.2, 0) is 4.79 Å². The maximum Gasteiger partial charge on any atom is 0.246 e. The number of nitrogens with one attached hydrogen (secondary N) is 2. The highest BCUT2D eigenvalue weighted by Crippen LogP contribution is 2.35. The van der Waals surface area contributed by atoms with E-state index in [2.05, 4.69) is 36.6 Å². The van der Waals surface area contributed by atoms with Gasteiger partial charge >= 0.3 is 0 Å². The van der Waals surface area contributed by atoms with E-state index in [1.165, 1.54) is 36.8 Å². The standard InChI is InChI=1S/C15H20N2O/c1-9-7-10(2)13-12(8-9)17-15(18)14(13)16-11-5-3-4-6-11/h7-8,11,14,16H,3-6H2,1-2H3,(H,17,18). The van der Waals surface area contributed by atoms with E-state index in [9.17, 15) is 4.79 Å². The number of carbonyl (C=O) groups is 1. The number of benzene rings is 1. The van der Waals surface area contributed by atoms with Crippen LogP contribution in [0.4, 0.5) is 5.69 Å². The van der Waals surface area contributed by atoms with Crippen LogP contribution < -0.4 is 10.6 Å². The number of amides is 1. The second-order valence-corrected chi connectivity index (χ2v) is 5.61. The first-order chi connectivity index (χ1) is 8.65. The van der Waals surface area contributed by atoms with E-state index in [0.29, 0.717) is 6.04 Å². The smallest absolute Gasteiger partial charge is 0.246 e. The van der Waals surface area contributed by atoms with Crippen molar-refractivity contribution < 1.29 is 4.79 Å². The molecule has 18 heavy (non-hydrogen) atoms. The van der Waals surface area contributed by atoms with E-state index in [4.69, 9.17) is 0 Å². The van der Waals surface area contributed by atoms with E-state index < -0.39 is 0 Å². The topological polar surface area (TPSA) is 41.1 Å². The molecule has 1 amide bonds. The van der Waals surface area contributed by atoms with E-state index in [1.54, 1.807) is 0 Å². The lowest BCUT2D eigenvalue weighted by Gasteiger charge is -2.18. The highest BCUT2D eigenvalue weighted by atomic mass is 16.2. The molecule has 3 heteroatoms. The van der Waals surface area contributed by atoms with Crippen LogP contribution in [-0.4, -0.2) is 11.9 Å². The van der Waals surface area contributed by atoms with Crippen LogP contribution in [0.15, 0.2) is 12.1 Å². The fourth-order valence-electron chi connectivity index (χ4n) is 3.29. The highest BCUT2D eigenvalue weighted by Gasteiger charge is 2.34. The zero-order chi connectivity index (χ0) is 12.7. The molecule has 1 aromatic rings. The van der Waals surface area contributed by atoms with Crippen LogP contribution in [0.2, 0.25) is 0 Å². The first kappa shape index (κ1) is 11.7. The second-order valence-electron chi connectivity index (χ2n) is 5.61. The summed E-state index contributed by atoms with van der Waals surface area (Å²) in [6, 6.07) is 4.58. The van der Waals surface area contributed by atoms with Gasteiger partial charge in [0.1, 0.15) is 6.04 Å². The molecular weight excluding hydrogens is 224 g/mol. The molecule has 96 valence electrons. The minimum absolute atomic E-state index is 0.102. The lowest BCUT2D eigenvalue weighted by Crippen LogP contribution is -2.34. The van der Waals surface area contributed by atoms with Gasteiger partial charge in [-0.15, -0.1) is 0 Å². The molecule has 2 N–H and O–H groups in total. The van der Waals surface area contributed by atoms with Crippen LogP contribution in [0.5, 0.6) is 0 Å². The lowest BCUT2D eigenvalue weighted by molar-refractivity contribution is -0.117. The van der Waals surface area contributed by atoms with Crippen LogP contribution in [0, 0.1) is 13.8 Å². The summed E-state index contributed by atoms with van der Waals surface area (Å²) in [5, 5.41) is 6.53. The molecule has 1 unspecified atom stereocenters. The average molecular weight is 244 g/mol. The molecule has 3 nitrogen and oxygen atoms in total. The van der Waals surface area contributed by atoms with Gasteiger partial charge in [0.15, 0.2) is 0 Å². The quantitative estimate of drug-likeness (QED) is 0.840. The van der Waals surface area contributed by atoms with E-state index in [1.807, 2.05) is 0 Å². The lowest BCUT2D eigenvalue weighted by atomic mass is 9.99. The number of aryl methyl sites for hydroxylation is 2. The Kier molecular flexibility index (Phi) is 2.86. The number of hydrogen-bond acceptors (Lipinski definition) is 2. The van der Waals surface area contributed by atoms with Crippen molar-refractivity contribution in [2.75, 3.05) is 5.32 Å². The van der Waals surface area contributed by atoms with Crippen molar-refractivity contribution in [3.63, 3.8) is 0 Å². The van der Waals surface area contributed by atoms with Crippen LogP contribution in [0.1, 0.15) is 48.4 Å². The first-order valence-corrected chi connectivity index (χ1v) is 6.83. The second kappa shape index (κ2) is 4.39. The van der Waals surface area contributed by atoms with Crippen LogP contribution in [0.3, 0.4) is 0 Å². The maximum absolute atomic E-state index is 12.1. The van der Waals surface area contributed by atoms with Gasteiger partial charge < -0.3 is 5.32 Å². The molecule has 1 heterocycles. The fraction of sp³-hybridized carbons (Fsp3) is 0.533. The van der Waals surface area contributed by atoms with Gasteiger partial charge in [-0.1, -0.05) is 18.9 Å². The third-order valence-electron chi connectivity index (χ3n) is 4.10. The third kappa shape index (κ3) is 1.93. The molecular formula is C15H20N2O. The molecule has 1 atom stereocenters. The van der Waals surface area contributed by atoms with E-state index >= 15 is 0 Å². The summed E-state index contributed by atoms with van der Waals surface area (Å²) in [6.07, 6.45) is 4.96. The van der Waals surface area contributed by atoms with Crippen molar-refractivity contribution in [3.8, 4) is 0 Å². The van der Waals surface area contributed by atoms with Gasteiger partial charge in [0, 0.05) is 17.3 Å². The van der Waals surface area contributed by atoms with Crippen molar-refractivity contribution >= 4 is 11.6 Å². The number of anilines is 1. The largest absolute Gasteiger partial charge is 0.324 e. The Morgan fingerprint density at radius 3 is 2.67 bits per heavy atom. The van der Waals surface area contributed by atoms with Gasteiger partial charge in [-0.25, -0.2) is 0 Å². The zero-order valence-corrected chi connectivity index (χ0v) is 11.0. The molecule has 2 aliphatic rings. The van der Waals surface area contributed by atoms with Gasteiger partial charge in [-0.2, -0.15) is 0 Å². The Bertz CT molecular complexity index is 490. The molecule has 0 radical (unpaired) electrons. The molecule has 3 rings (SSSR count). The molecule has 0 spiro atoms. The molecule has 1 aliphatic heterocycles. The Hall–Kier alpha value is -1.35. The minimum Gasteiger partial charge on any atom is -0.324 e. The Labute approximate surface area is 108 Å². The molecule has 0 aromatic heterocycles. The Morgan fingerprint density at radius 2 is 1.94 bits per heavy atom. The average Bonchev–Trinajstić information content (AvgIpc) is 2.88. The summed E-state index contributed by atoms with van der Waals surface area (Å²) in [4.78, 5) is 12.1.